The summed E-state index contributed by atoms with van der Waals surface area (Å²) < 4.78 is 55.1. The minimum absolute atomic E-state index is 0.228. The van der Waals surface area contributed by atoms with Crippen LogP contribution in [0.2, 0.25) is 0 Å². The van der Waals surface area contributed by atoms with Crippen molar-refractivity contribution in [2.75, 3.05) is 6.67 Å². The largest absolute Gasteiger partial charge is 0.457 e. The Bertz CT molecular complexity index is 418. The third-order valence-electron chi connectivity index (χ3n) is 1.98. The molecule has 0 aromatic heterocycles. The Morgan fingerprint density at radius 3 is 2.59 bits per heavy atom. The van der Waals surface area contributed by atoms with E-state index in [-0.39, 0.29) is 11.3 Å². The molecule has 0 amide bonds. The maximum absolute atomic E-state index is 13.1. The van der Waals surface area contributed by atoms with Crippen molar-refractivity contribution in [3.63, 3.8) is 0 Å². The molecule has 2 nitrogen and oxygen atoms in total. The van der Waals surface area contributed by atoms with Gasteiger partial charge in [-0.2, -0.15) is 9.65 Å². The number of hydrogen-bond acceptors (Lipinski definition) is 2. The van der Waals surface area contributed by atoms with Crippen LogP contribution in [0.3, 0.4) is 0 Å². The number of rotatable bonds is 5. The third-order valence-corrected chi connectivity index (χ3v) is 1.98. The molecule has 1 rings (SSSR count). The zero-order valence-corrected chi connectivity index (χ0v) is 8.67. The summed E-state index contributed by atoms with van der Waals surface area (Å²) in [6, 6.07) is 4.56. The second kappa shape index (κ2) is 6.09. The van der Waals surface area contributed by atoms with Gasteiger partial charge in [-0.1, -0.05) is 0 Å². The molecule has 1 aromatic rings. The fourth-order valence-electron chi connectivity index (χ4n) is 1.10. The number of nitrogens with zero attached hydrogens (tertiary/aromatic N) is 1. The Labute approximate surface area is 95.4 Å². The van der Waals surface area contributed by atoms with Gasteiger partial charge >= 0.3 is 0 Å². The van der Waals surface area contributed by atoms with Crippen LogP contribution in [0, 0.1) is 17.1 Å². The van der Waals surface area contributed by atoms with E-state index < -0.39 is 31.4 Å². The molecule has 2 unspecified atom stereocenters. The minimum atomic E-state index is -2.36. The maximum atomic E-state index is 13.1. The molecular weight excluding hydrogens is 238 g/mol. The van der Waals surface area contributed by atoms with Crippen molar-refractivity contribution in [2.45, 2.75) is 19.0 Å². The Kier molecular flexibility index (Phi) is 4.76. The summed E-state index contributed by atoms with van der Waals surface area (Å²) in [4.78, 5) is 0. The molecule has 0 bridgehead atoms. The highest BCUT2D eigenvalue weighted by Gasteiger charge is 2.22. The molecule has 0 aliphatic heterocycles. The smallest absolute Gasteiger partial charge is 0.269 e. The maximum Gasteiger partial charge on any atom is 0.269 e. The fourth-order valence-corrected chi connectivity index (χ4v) is 1.10. The molecule has 92 valence electrons. The molecule has 1 aromatic carbocycles. The van der Waals surface area contributed by atoms with Crippen molar-refractivity contribution in [3.8, 4) is 11.8 Å². The number of ether oxygens (including phenoxy) is 1. The molecule has 2 atom stereocenters. The summed E-state index contributed by atoms with van der Waals surface area (Å²) in [5.74, 6) is -1.14. The number of halogens is 4. The average molecular weight is 247 g/mol. The van der Waals surface area contributed by atoms with Gasteiger partial charge in [0.2, 0.25) is 0 Å². The molecule has 6 heteroatoms. The monoisotopic (exact) mass is 247 g/mol. The lowest BCUT2D eigenvalue weighted by Crippen LogP contribution is -2.24. The highest BCUT2D eigenvalue weighted by Crippen LogP contribution is 2.20. The SMILES string of the molecule is N#Cc1ccc(OC(F)C(F)CCF)cc1F. The molecule has 0 aliphatic carbocycles. The van der Waals surface area contributed by atoms with E-state index in [1.165, 1.54) is 0 Å². The van der Waals surface area contributed by atoms with E-state index in [1.54, 1.807) is 6.07 Å². The second-order valence-electron chi connectivity index (χ2n) is 3.22. The summed E-state index contributed by atoms with van der Waals surface area (Å²) in [6.45, 7) is -1.01. The van der Waals surface area contributed by atoms with Gasteiger partial charge in [-0.25, -0.2) is 8.78 Å². The molecule has 0 heterocycles. The van der Waals surface area contributed by atoms with Crippen LogP contribution in [0.1, 0.15) is 12.0 Å². The average Bonchev–Trinajstić information content (AvgIpc) is 2.29. The topological polar surface area (TPSA) is 33.0 Å². The van der Waals surface area contributed by atoms with Crippen molar-refractivity contribution in [1.29, 1.82) is 5.26 Å². The van der Waals surface area contributed by atoms with Gasteiger partial charge in [-0.3, -0.25) is 4.39 Å². The summed E-state index contributed by atoms with van der Waals surface area (Å²) in [6.07, 6.45) is -5.10. The van der Waals surface area contributed by atoms with Gasteiger partial charge in [-0.15, -0.1) is 0 Å². The van der Waals surface area contributed by atoms with Gasteiger partial charge in [-0.05, 0) is 12.1 Å². The standard InChI is InChI=1S/C11H9F4NO/c12-4-3-9(13)11(15)17-8-2-1-7(6-16)10(14)5-8/h1-2,5,9,11H,3-4H2. The predicted molar refractivity (Wildman–Crippen MR) is 52.1 cm³/mol. The van der Waals surface area contributed by atoms with Crippen molar-refractivity contribution in [2.24, 2.45) is 0 Å². The van der Waals surface area contributed by atoms with Crippen LogP contribution >= 0.6 is 0 Å². The second-order valence-corrected chi connectivity index (χ2v) is 3.22. The van der Waals surface area contributed by atoms with Gasteiger partial charge in [0.15, 0.2) is 6.17 Å². The minimum Gasteiger partial charge on any atom is -0.457 e. The first-order valence-electron chi connectivity index (χ1n) is 4.79. The highest BCUT2D eigenvalue weighted by molar-refractivity contribution is 5.36. The zero-order valence-electron chi connectivity index (χ0n) is 8.67. The lowest BCUT2D eigenvalue weighted by atomic mass is 10.2. The van der Waals surface area contributed by atoms with Crippen LogP contribution in [0.4, 0.5) is 17.6 Å². The molecule has 0 saturated carbocycles. The van der Waals surface area contributed by atoms with Crippen molar-refractivity contribution in [1.82, 2.24) is 0 Å². The molecule has 17 heavy (non-hydrogen) atoms. The highest BCUT2D eigenvalue weighted by atomic mass is 19.2. The van der Waals surface area contributed by atoms with Gasteiger partial charge in [0.25, 0.3) is 6.36 Å². The van der Waals surface area contributed by atoms with Gasteiger partial charge < -0.3 is 4.74 Å². The third kappa shape index (κ3) is 3.63. The quantitative estimate of drug-likeness (QED) is 0.749. The van der Waals surface area contributed by atoms with Crippen LogP contribution in [-0.2, 0) is 0 Å². The number of nitriles is 1. The van der Waals surface area contributed by atoms with Crippen molar-refractivity contribution < 1.29 is 22.3 Å². The molecular formula is C11H9F4NO. The van der Waals surface area contributed by atoms with Crippen LogP contribution in [0.25, 0.3) is 0 Å². The van der Waals surface area contributed by atoms with Crippen LogP contribution in [-0.4, -0.2) is 19.2 Å². The van der Waals surface area contributed by atoms with Crippen LogP contribution < -0.4 is 4.74 Å². The molecule has 0 fully saturated rings. The fraction of sp³-hybridized carbons (Fsp3) is 0.364. The van der Waals surface area contributed by atoms with Crippen molar-refractivity contribution in [3.05, 3.63) is 29.6 Å². The van der Waals surface area contributed by atoms with Crippen LogP contribution in [0.5, 0.6) is 5.75 Å². The van der Waals surface area contributed by atoms with E-state index in [9.17, 15) is 17.6 Å². The summed E-state index contributed by atoms with van der Waals surface area (Å²) in [7, 11) is 0. The van der Waals surface area contributed by atoms with E-state index >= 15 is 0 Å². The molecule has 0 aliphatic rings. The van der Waals surface area contributed by atoms with E-state index in [0.29, 0.717) is 0 Å². The first kappa shape index (κ1) is 13.3. The van der Waals surface area contributed by atoms with E-state index in [1.807, 2.05) is 0 Å². The summed E-state index contributed by atoms with van der Waals surface area (Å²) in [5, 5.41) is 8.44. The molecule has 0 saturated heterocycles. The van der Waals surface area contributed by atoms with Gasteiger partial charge in [0.05, 0.1) is 12.2 Å². The molecule has 0 spiro atoms. The Morgan fingerprint density at radius 2 is 2.06 bits per heavy atom. The van der Waals surface area contributed by atoms with E-state index in [2.05, 4.69) is 4.74 Å². The van der Waals surface area contributed by atoms with Gasteiger partial charge in [0.1, 0.15) is 17.6 Å². The Morgan fingerprint density at radius 1 is 1.35 bits per heavy atom. The first-order chi connectivity index (χ1) is 8.08. The zero-order chi connectivity index (χ0) is 12.8. The summed E-state index contributed by atoms with van der Waals surface area (Å²) in [5.41, 5.74) is -0.228. The first-order valence-corrected chi connectivity index (χ1v) is 4.79. The number of benzene rings is 1. The molecule has 0 N–H and O–H groups in total. The van der Waals surface area contributed by atoms with E-state index in [0.717, 1.165) is 18.2 Å². The Balaban J connectivity index is 2.69. The number of alkyl halides is 3. The Hall–Kier alpha value is -1.77. The van der Waals surface area contributed by atoms with Crippen LogP contribution in [0.15, 0.2) is 18.2 Å². The number of hydrogen-bond donors (Lipinski definition) is 0. The summed E-state index contributed by atoms with van der Waals surface area (Å²) >= 11 is 0. The molecule has 0 radical (unpaired) electrons. The van der Waals surface area contributed by atoms with E-state index in [4.69, 9.17) is 5.26 Å². The lowest BCUT2D eigenvalue weighted by molar-refractivity contribution is -0.0113. The normalized spacial score (nSPS) is 13.8. The lowest BCUT2D eigenvalue weighted by Gasteiger charge is -2.14. The predicted octanol–water partition coefficient (Wildman–Crippen LogP) is 3.07. The van der Waals surface area contributed by atoms with Gasteiger partial charge in [0, 0.05) is 12.5 Å². The van der Waals surface area contributed by atoms with Crippen molar-refractivity contribution >= 4 is 0 Å².